The molecule has 1 heterocycles. The van der Waals surface area contributed by atoms with Crippen molar-refractivity contribution in [3.63, 3.8) is 0 Å². The summed E-state index contributed by atoms with van der Waals surface area (Å²) in [5, 5.41) is 30.6. The molecule has 0 unspecified atom stereocenters. The third kappa shape index (κ3) is 2.78. The molecule has 6 nitrogen and oxygen atoms in total. The number of ketones is 1. The first-order chi connectivity index (χ1) is 11.8. The van der Waals surface area contributed by atoms with Gasteiger partial charge in [-0.3, -0.25) is 4.79 Å². The average Bonchev–Trinajstić information content (AvgIpc) is 2.61. The summed E-state index contributed by atoms with van der Waals surface area (Å²) in [5.74, 6) is -0.993. The van der Waals surface area contributed by atoms with Crippen LogP contribution in [0.2, 0.25) is 0 Å². The number of benzene rings is 2. The highest BCUT2D eigenvalue weighted by atomic mass is 16.6. The number of hydrogen-bond acceptors (Lipinski definition) is 6. The molecule has 3 N–H and O–H groups in total. The van der Waals surface area contributed by atoms with Crippen LogP contribution in [0.3, 0.4) is 0 Å². The van der Waals surface area contributed by atoms with Crippen LogP contribution in [0.15, 0.2) is 24.3 Å². The highest BCUT2D eigenvalue weighted by molar-refractivity contribution is 6.05. The van der Waals surface area contributed by atoms with Crippen LogP contribution >= 0.6 is 0 Å². The number of aliphatic hydroxyl groups is 1. The molecule has 0 amide bonds. The fourth-order valence-electron chi connectivity index (χ4n) is 3.09. The lowest BCUT2D eigenvalue weighted by Gasteiger charge is -2.31. The average molecular weight is 344 g/mol. The number of methoxy groups -OCH3 is 1. The van der Waals surface area contributed by atoms with Crippen molar-refractivity contribution in [1.82, 2.24) is 0 Å². The lowest BCUT2D eigenvalue weighted by Crippen LogP contribution is -2.39. The number of carbonyl (C=O) groups excluding carboxylic acids is 1. The van der Waals surface area contributed by atoms with Crippen molar-refractivity contribution < 1.29 is 29.6 Å². The summed E-state index contributed by atoms with van der Waals surface area (Å²) < 4.78 is 10.6. The molecular weight excluding hydrogens is 324 g/mol. The van der Waals surface area contributed by atoms with E-state index in [1.165, 1.54) is 6.92 Å². The van der Waals surface area contributed by atoms with Gasteiger partial charge in [0.15, 0.2) is 5.78 Å². The Balaban J connectivity index is 1.98. The quantitative estimate of drug-likeness (QED) is 0.792. The van der Waals surface area contributed by atoms with E-state index in [1.807, 2.05) is 12.1 Å². The fourth-order valence-corrected chi connectivity index (χ4v) is 3.09. The SMILES string of the molecule is COc1ccc(C[C@@H]2C(=O)c3c(O)c(C)c(O)c(C)c3O[C@H]2O)cc1. The molecule has 0 fully saturated rings. The molecule has 1 aliphatic rings. The van der Waals surface area contributed by atoms with Gasteiger partial charge >= 0.3 is 0 Å². The molecule has 1 aliphatic heterocycles. The minimum Gasteiger partial charge on any atom is -0.507 e. The summed E-state index contributed by atoms with van der Waals surface area (Å²) in [5.41, 5.74) is 1.38. The van der Waals surface area contributed by atoms with Crippen molar-refractivity contribution in [3.05, 3.63) is 46.5 Å². The van der Waals surface area contributed by atoms with Gasteiger partial charge in [-0.2, -0.15) is 0 Å². The van der Waals surface area contributed by atoms with Crippen molar-refractivity contribution in [3.8, 4) is 23.0 Å². The Morgan fingerprint density at radius 2 is 1.72 bits per heavy atom. The number of phenolic OH excluding ortho intramolecular Hbond substituents is 2. The van der Waals surface area contributed by atoms with E-state index in [0.717, 1.165) is 5.56 Å². The predicted octanol–water partition coefficient (Wildman–Crippen LogP) is 2.48. The molecule has 2 atom stereocenters. The molecule has 25 heavy (non-hydrogen) atoms. The normalized spacial score (nSPS) is 19.3. The van der Waals surface area contributed by atoms with Gasteiger partial charge in [0.05, 0.1) is 13.0 Å². The smallest absolute Gasteiger partial charge is 0.207 e. The number of aromatic hydroxyl groups is 2. The first-order valence-corrected chi connectivity index (χ1v) is 7.92. The van der Waals surface area contributed by atoms with E-state index >= 15 is 0 Å². The van der Waals surface area contributed by atoms with Crippen LogP contribution < -0.4 is 9.47 Å². The largest absolute Gasteiger partial charge is 0.507 e. The van der Waals surface area contributed by atoms with E-state index in [2.05, 4.69) is 0 Å². The van der Waals surface area contributed by atoms with Crippen LogP contribution in [0, 0.1) is 19.8 Å². The molecule has 0 radical (unpaired) electrons. The number of aliphatic hydroxyl groups excluding tert-OH is 1. The van der Waals surface area contributed by atoms with E-state index in [9.17, 15) is 20.1 Å². The van der Waals surface area contributed by atoms with E-state index in [0.29, 0.717) is 11.3 Å². The van der Waals surface area contributed by atoms with Gasteiger partial charge in [0.2, 0.25) is 6.29 Å². The standard InChI is InChI=1S/C19H20O6/c1-9-15(20)10(2)18-14(16(9)21)17(22)13(19(23)25-18)8-11-4-6-12(24-3)7-5-11/h4-7,13,19-21,23H,8H2,1-3H3/t13-,19-/m1/s1. The zero-order valence-corrected chi connectivity index (χ0v) is 14.2. The Morgan fingerprint density at radius 1 is 1.08 bits per heavy atom. The van der Waals surface area contributed by atoms with Crippen LogP contribution in [0.5, 0.6) is 23.0 Å². The Morgan fingerprint density at radius 3 is 2.32 bits per heavy atom. The van der Waals surface area contributed by atoms with Gasteiger partial charge in [-0.1, -0.05) is 12.1 Å². The molecule has 132 valence electrons. The minimum atomic E-state index is -1.36. The van der Waals surface area contributed by atoms with Crippen LogP contribution in [-0.2, 0) is 6.42 Å². The maximum Gasteiger partial charge on any atom is 0.207 e. The van der Waals surface area contributed by atoms with Gasteiger partial charge < -0.3 is 24.8 Å². The Bertz CT molecular complexity index is 825. The van der Waals surface area contributed by atoms with E-state index in [1.54, 1.807) is 26.2 Å². The zero-order chi connectivity index (χ0) is 18.3. The molecule has 0 aliphatic carbocycles. The lowest BCUT2D eigenvalue weighted by molar-refractivity contribution is -0.0598. The summed E-state index contributed by atoms with van der Waals surface area (Å²) >= 11 is 0. The van der Waals surface area contributed by atoms with Gasteiger partial charge in [-0.05, 0) is 38.0 Å². The summed E-state index contributed by atoms with van der Waals surface area (Å²) in [6.07, 6.45) is -1.11. The van der Waals surface area contributed by atoms with Crippen LogP contribution in [0.4, 0.5) is 0 Å². The maximum atomic E-state index is 12.9. The molecule has 0 aromatic heterocycles. The molecule has 0 bridgehead atoms. The second-order valence-corrected chi connectivity index (χ2v) is 6.18. The summed E-state index contributed by atoms with van der Waals surface area (Å²) in [7, 11) is 1.57. The third-order valence-corrected chi connectivity index (χ3v) is 4.65. The molecule has 2 aromatic carbocycles. The summed E-state index contributed by atoms with van der Waals surface area (Å²) in [4.78, 5) is 12.9. The third-order valence-electron chi connectivity index (χ3n) is 4.65. The van der Waals surface area contributed by atoms with Gasteiger partial charge in [-0.15, -0.1) is 0 Å². The highest BCUT2D eigenvalue weighted by Gasteiger charge is 2.40. The predicted molar refractivity (Wildman–Crippen MR) is 90.4 cm³/mol. The Kier molecular flexibility index (Phi) is 4.30. The molecule has 6 heteroatoms. The van der Waals surface area contributed by atoms with E-state index < -0.39 is 18.0 Å². The topological polar surface area (TPSA) is 96.2 Å². The monoisotopic (exact) mass is 344 g/mol. The van der Waals surface area contributed by atoms with Gasteiger partial charge in [0, 0.05) is 11.1 Å². The van der Waals surface area contributed by atoms with Gasteiger partial charge in [0.25, 0.3) is 0 Å². The number of carbonyl (C=O) groups is 1. The number of hydrogen-bond donors (Lipinski definition) is 3. The van der Waals surface area contributed by atoms with Crippen molar-refractivity contribution >= 4 is 5.78 Å². The van der Waals surface area contributed by atoms with Gasteiger partial charge in [0.1, 0.15) is 28.6 Å². The molecular formula is C19H20O6. The van der Waals surface area contributed by atoms with Gasteiger partial charge in [-0.25, -0.2) is 0 Å². The highest BCUT2D eigenvalue weighted by Crippen LogP contribution is 2.46. The number of phenols is 2. The molecule has 0 saturated heterocycles. The molecule has 0 spiro atoms. The van der Waals surface area contributed by atoms with E-state index in [-0.39, 0.29) is 34.8 Å². The number of rotatable bonds is 3. The first kappa shape index (κ1) is 17.1. The van der Waals surface area contributed by atoms with Crippen LogP contribution in [0.25, 0.3) is 0 Å². The summed E-state index contributed by atoms with van der Waals surface area (Å²) in [6.45, 7) is 3.10. The second-order valence-electron chi connectivity index (χ2n) is 6.18. The molecule has 2 aromatic rings. The molecule has 0 saturated carbocycles. The second kappa shape index (κ2) is 6.29. The van der Waals surface area contributed by atoms with E-state index in [4.69, 9.17) is 9.47 Å². The van der Waals surface area contributed by atoms with Crippen molar-refractivity contribution in [2.24, 2.45) is 5.92 Å². The van der Waals surface area contributed by atoms with Crippen LogP contribution in [0.1, 0.15) is 27.0 Å². The number of ether oxygens (including phenoxy) is 2. The molecule has 3 rings (SSSR count). The lowest BCUT2D eigenvalue weighted by atomic mass is 9.86. The minimum absolute atomic E-state index is 0.0108. The number of fused-ring (bicyclic) bond motifs is 1. The first-order valence-electron chi connectivity index (χ1n) is 7.92. The van der Waals surface area contributed by atoms with Crippen molar-refractivity contribution in [2.75, 3.05) is 7.11 Å². The fraction of sp³-hybridized carbons (Fsp3) is 0.316. The Labute approximate surface area is 145 Å². The summed E-state index contributed by atoms with van der Waals surface area (Å²) in [6, 6.07) is 7.16. The number of Topliss-reactive ketones (excluding diaryl/α,β-unsaturated/α-hetero) is 1. The Hall–Kier alpha value is -2.73. The maximum absolute atomic E-state index is 12.9. The van der Waals surface area contributed by atoms with Crippen LogP contribution in [-0.4, -0.2) is 34.5 Å². The van der Waals surface area contributed by atoms with Crippen molar-refractivity contribution in [2.45, 2.75) is 26.6 Å². The van der Waals surface area contributed by atoms with Crippen molar-refractivity contribution in [1.29, 1.82) is 0 Å². The zero-order valence-electron chi connectivity index (χ0n) is 14.2.